The van der Waals surface area contributed by atoms with Crippen LogP contribution in [0, 0.1) is 3.57 Å². The number of carbonyl (C=O) groups is 2. The molecule has 0 unspecified atom stereocenters. The second-order valence-corrected chi connectivity index (χ2v) is 7.54. The summed E-state index contributed by atoms with van der Waals surface area (Å²) in [5, 5.41) is -0.240. The molecule has 6 heteroatoms. The molecule has 0 radical (unpaired) electrons. The Bertz CT molecular complexity index is 822. The highest BCUT2D eigenvalue weighted by molar-refractivity contribution is 14.1. The Hall–Kier alpha value is -1.80. The van der Waals surface area contributed by atoms with E-state index in [4.69, 9.17) is 4.42 Å². The average molecular weight is 451 g/mol. The highest BCUT2D eigenvalue weighted by atomic mass is 127. The molecule has 0 bridgehead atoms. The maximum atomic E-state index is 12.5. The number of imide groups is 1. The molecule has 3 rings (SSSR count). The normalized spacial score (nSPS) is 17.2. The Morgan fingerprint density at radius 3 is 2.67 bits per heavy atom. The SMILES string of the molecule is CC(/C=C1\SC(=O)N(Cc2ccc(I)cc2)C1=O)=C\c1ccco1. The predicted octanol–water partition coefficient (Wildman–Crippen LogP) is 5.07. The van der Waals surface area contributed by atoms with Crippen molar-refractivity contribution in [2.45, 2.75) is 13.5 Å². The zero-order chi connectivity index (χ0) is 17.1. The molecule has 0 saturated carbocycles. The van der Waals surface area contributed by atoms with Crippen LogP contribution < -0.4 is 0 Å². The molecule has 24 heavy (non-hydrogen) atoms. The van der Waals surface area contributed by atoms with Gasteiger partial charge in [0.25, 0.3) is 11.1 Å². The van der Waals surface area contributed by atoms with Crippen LogP contribution in [-0.2, 0) is 11.3 Å². The van der Waals surface area contributed by atoms with Gasteiger partial charge in [-0.05, 0) is 88.8 Å². The van der Waals surface area contributed by atoms with Gasteiger partial charge in [0.15, 0.2) is 0 Å². The minimum Gasteiger partial charge on any atom is -0.465 e. The van der Waals surface area contributed by atoms with E-state index in [0.29, 0.717) is 17.2 Å². The smallest absolute Gasteiger partial charge is 0.293 e. The van der Waals surface area contributed by atoms with E-state index in [9.17, 15) is 9.59 Å². The molecule has 1 aliphatic heterocycles. The van der Waals surface area contributed by atoms with E-state index < -0.39 is 0 Å². The van der Waals surface area contributed by atoms with E-state index in [1.165, 1.54) is 4.90 Å². The van der Waals surface area contributed by atoms with Crippen LogP contribution in [0.15, 0.2) is 63.6 Å². The predicted molar refractivity (Wildman–Crippen MR) is 103 cm³/mol. The number of halogens is 1. The summed E-state index contributed by atoms with van der Waals surface area (Å²) in [4.78, 5) is 26.4. The molecule has 0 atom stereocenters. The molecule has 1 fully saturated rings. The number of nitrogens with zero attached hydrogens (tertiary/aromatic N) is 1. The summed E-state index contributed by atoms with van der Waals surface area (Å²) < 4.78 is 6.37. The second-order valence-electron chi connectivity index (χ2n) is 5.30. The summed E-state index contributed by atoms with van der Waals surface area (Å²) in [5.41, 5.74) is 1.78. The number of benzene rings is 1. The number of thioether (sulfide) groups is 1. The number of hydrogen-bond acceptors (Lipinski definition) is 4. The van der Waals surface area contributed by atoms with Gasteiger partial charge in [0.1, 0.15) is 5.76 Å². The van der Waals surface area contributed by atoms with E-state index in [2.05, 4.69) is 22.6 Å². The number of rotatable bonds is 4. The lowest BCUT2D eigenvalue weighted by Gasteiger charge is -2.12. The van der Waals surface area contributed by atoms with E-state index in [1.807, 2.05) is 43.3 Å². The quantitative estimate of drug-likeness (QED) is 0.482. The van der Waals surface area contributed by atoms with Gasteiger partial charge in [-0.3, -0.25) is 14.5 Å². The van der Waals surface area contributed by atoms with E-state index in [1.54, 1.807) is 18.4 Å². The third kappa shape index (κ3) is 3.99. The van der Waals surface area contributed by atoms with Crippen LogP contribution in [0.5, 0.6) is 0 Å². The molecule has 2 heterocycles. The number of carbonyl (C=O) groups excluding carboxylic acids is 2. The summed E-state index contributed by atoms with van der Waals surface area (Å²) in [6.45, 7) is 2.16. The average Bonchev–Trinajstić information content (AvgIpc) is 3.13. The van der Waals surface area contributed by atoms with Gasteiger partial charge in [-0.15, -0.1) is 0 Å². The molecule has 1 aliphatic rings. The van der Waals surface area contributed by atoms with Crippen LogP contribution in [0.3, 0.4) is 0 Å². The fourth-order valence-corrected chi connectivity index (χ4v) is 3.50. The van der Waals surface area contributed by atoms with Gasteiger partial charge in [-0.1, -0.05) is 12.1 Å². The molecular weight excluding hydrogens is 437 g/mol. The van der Waals surface area contributed by atoms with Crippen LogP contribution in [0.1, 0.15) is 18.2 Å². The van der Waals surface area contributed by atoms with Crippen molar-refractivity contribution in [1.29, 1.82) is 0 Å². The van der Waals surface area contributed by atoms with Gasteiger partial charge in [-0.2, -0.15) is 0 Å². The van der Waals surface area contributed by atoms with E-state index >= 15 is 0 Å². The molecule has 0 N–H and O–H groups in total. The Labute approximate surface area is 157 Å². The van der Waals surface area contributed by atoms with Crippen molar-refractivity contribution in [3.05, 3.63) is 74.1 Å². The van der Waals surface area contributed by atoms with Crippen molar-refractivity contribution in [2.24, 2.45) is 0 Å². The minimum atomic E-state index is -0.254. The molecule has 1 saturated heterocycles. The van der Waals surface area contributed by atoms with Gasteiger partial charge in [-0.25, -0.2) is 0 Å². The maximum Gasteiger partial charge on any atom is 0.293 e. The zero-order valence-electron chi connectivity index (χ0n) is 12.9. The van der Waals surface area contributed by atoms with Crippen LogP contribution in [0.4, 0.5) is 4.79 Å². The fourth-order valence-electron chi connectivity index (χ4n) is 2.25. The molecule has 122 valence electrons. The molecule has 2 amide bonds. The first-order valence-electron chi connectivity index (χ1n) is 7.24. The minimum absolute atomic E-state index is 0.240. The van der Waals surface area contributed by atoms with Crippen molar-refractivity contribution in [3.63, 3.8) is 0 Å². The van der Waals surface area contributed by atoms with Gasteiger partial charge in [0.2, 0.25) is 0 Å². The molecule has 1 aromatic heterocycles. The summed E-state index contributed by atoms with van der Waals surface area (Å²) in [5.74, 6) is 0.456. The molecule has 0 spiro atoms. The summed E-state index contributed by atoms with van der Waals surface area (Å²) in [6, 6.07) is 11.4. The molecule has 0 aliphatic carbocycles. The van der Waals surface area contributed by atoms with Gasteiger partial charge in [0.05, 0.1) is 17.7 Å². The molecule has 4 nitrogen and oxygen atoms in total. The van der Waals surface area contributed by atoms with Gasteiger partial charge >= 0.3 is 0 Å². The number of furan rings is 1. The van der Waals surface area contributed by atoms with Crippen molar-refractivity contribution < 1.29 is 14.0 Å². The first-order valence-corrected chi connectivity index (χ1v) is 9.14. The molecule has 2 aromatic rings. The van der Waals surface area contributed by atoms with Gasteiger partial charge in [0, 0.05) is 3.57 Å². The molecular formula is C18H14INO3S. The maximum absolute atomic E-state index is 12.5. The Morgan fingerprint density at radius 2 is 2.00 bits per heavy atom. The lowest BCUT2D eigenvalue weighted by Crippen LogP contribution is -2.27. The summed E-state index contributed by atoms with van der Waals surface area (Å²) in [7, 11) is 0. The Balaban J connectivity index is 1.76. The number of amides is 2. The third-order valence-corrected chi connectivity index (χ3v) is 5.03. The monoisotopic (exact) mass is 451 g/mol. The summed E-state index contributed by atoms with van der Waals surface area (Å²) in [6.07, 6.45) is 5.14. The van der Waals surface area contributed by atoms with E-state index in [0.717, 1.165) is 26.5 Å². The Morgan fingerprint density at radius 1 is 1.25 bits per heavy atom. The first-order chi connectivity index (χ1) is 11.5. The van der Waals surface area contributed by atoms with Crippen LogP contribution >= 0.6 is 34.4 Å². The second kappa shape index (κ2) is 7.40. The Kier molecular flexibility index (Phi) is 5.25. The van der Waals surface area contributed by atoms with Crippen LogP contribution in [-0.4, -0.2) is 16.0 Å². The number of allylic oxidation sites excluding steroid dienone is 2. The third-order valence-electron chi connectivity index (χ3n) is 3.40. The van der Waals surface area contributed by atoms with Crippen molar-refractivity contribution >= 4 is 51.6 Å². The highest BCUT2D eigenvalue weighted by Crippen LogP contribution is 2.32. The highest BCUT2D eigenvalue weighted by Gasteiger charge is 2.34. The molecule has 1 aromatic carbocycles. The van der Waals surface area contributed by atoms with Crippen molar-refractivity contribution in [3.8, 4) is 0 Å². The lowest BCUT2D eigenvalue weighted by atomic mass is 10.2. The van der Waals surface area contributed by atoms with Gasteiger partial charge < -0.3 is 4.42 Å². The standard InChI is InChI=1S/C18H14INO3S/c1-12(9-15-3-2-8-23-15)10-16-17(21)20(18(22)24-16)11-13-4-6-14(19)7-5-13/h2-10H,11H2,1H3/b12-9+,16-10-. The topological polar surface area (TPSA) is 50.5 Å². The van der Waals surface area contributed by atoms with Crippen molar-refractivity contribution in [1.82, 2.24) is 4.90 Å². The number of hydrogen-bond donors (Lipinski definition) is 0. The summed E-state index contributed by atoms with van der Waals surface area (Å²) >= 11 is 3.19. The zero-order valence-corrected chi connectivity index (χ0v) is 15.8. The largest absolute Gasteiger partial charge is 0.465 e. The fraction of sp³-hybridized carbons (Fsp3) is 0.111. The first kappa shape index (κ1) is 17.0. The lowest BCUT2D eigenvalue weighted by molar-refractivity contribution is -0.123. The van der Waals surface area contributed by atoms with Crippen LogP contribution in [0.2, 0.25) is 0 Å². The van der Waals surface area contributed by atoms with E-state index in [-0.39, 0.29) is 11.1 Å². The van der Waals surface area contributed by atoms with Crippen molar-refractivity contribution in [2.75, 3.05) is 0 Å². The van der Waals surface area contributed by atoms with Crippen LogP contribution in [0.25, 0.3) is 6.08 Å².